The van der Waals surface area contributed by atoms with Gasteiger partial charge in [-0.3, -0.25) is 9.59 Å². The monoisotopic (exact) mass is 473 g/mol. The molecule has 0 bridgehead atoms. The molecule has 0 saturated heterocycles. The lowest BCUT2D eigenvalue weighted by Gasteiger charge is -2.20. The largest absolute Gasteiger partial charge is 0.444 e. The summed E-state index contributed by atoms with van der Waals surface area (Å²) in [5.74, 6) is -0.584. The van der Waals surface area contributed by atoms with Gasteiger partial charge in [0.1, 0.15) is 11.6 Å². The van der Waals surface area contributed by atoms with Gasteiger partial charge in [0, 0.05) is 24.2 Å². The van der Waals surface area contributed by atoms with Gasteiger partial charge in [-0.1, -0.05) is 35.9 Å². The van der Waals surface area contributed by atoms with Crippen molar-refractivity contribution in [3.05, 3.63) is 59.1 Å². The SMILES string of the molecule is CNC(=O)C(CCCCNC(=O)OC(C)(C)C)NC(=O)c1ccc(-c2ccc(Cl)cc2)cc1. The summed E-state index contributed by atoms with van der Waals surface area (Å²) < 4.78 is 5.19. The van der Waals surface area contributed by atoms with E-state index >= 15 is 0 Å². The van der Waals surface area contributed by atoms with Gasteiger partial charge in [0.2, 0.25) is 5.91 Å². The first-order valence-corrected chi connectivity index (χ1v) is 11.3. The number of carbonyl (C=O) groups is 3. The quantitative estimate of drug-likeness (QED) is 0.465. The van der Waals surface area contributed by atoms with E-state index in [1.165, 1.54) is 7.05 Å². The van der Waals surface area contributed by atoms with Crippen LogP contribution in [0.5, 0.6) is 0 Å². The smallest absolute Gasteiger partial charge is 0.407 e. The molecule has 0 aromatic heterocycles. The predicted molar refractivity (Wildman–Crippen MR) is 130 cm³/mol. The number of rotatable bonds is 9. The number of amides is 3. The summed E-state index contributed by atoms with van der Waals surface area (Å²) in [6.45, 7) is 5.83. The Morgan fingerprint density at radius 2 is 1.52 bits per heavy atom. The van der Waals surface area contributed by atoms with E-state index in [0.717, 1.165) is 11.1 Å². The molecule has 2 rings (SSSR count). The van der Waals surface area contributed by atoms with Crippen LogP contribution in [0.4, 0.5) is 4.79 Å². The summed E-state index contributed by atoms with van der Waals surface area (Å²) in [4.78, 5) is 36.6. The molecule has 0 aliphatic rings. The Hall–Kier alpha value is -3.06. The van der Waals surface area contributed by atoms with Crippen LogP contribution in [0.2, 0.25) is 5.02 Å². The second kappa shape index (κ2) is 12.3. The van der Waals surface area contributed by atoms with Crippen LogP contribution in [0, 0.1) is 0 Å². The van der Waals surface area contributed by atoms with Crippen LogP contribution >= 0.6 is 11.6 Å². The summed E-state index contributed by atoms with van der Waals surface area (Å²) in [7, 11) is 1.53. The zero-order valence-electron chi connectivity index (χ0n) is 19.5. The number of hydrogen-bond acceptors (Lipinski definition) is 4. The van der Waals surface area contributed by atoms with E-state index in [-0.39, 0.29) is 11.8 Å². The summed E-state index contributed by atoms with van der Waals surface area (Å²) in [6, 6.07) is 14.0. The van der Waals surface area contributed by atoms with Gasteiger partial charge in [-0.2, -0.15) is 0 Å². The number of likely N-dealkylation sites (N-methyl/N-ethyl adjacent to an activating group) is 1. The van der Waals surface area contributed by atoms with Crippen molar-refractivity contribution < 1.29 is 19.1 Å². The second-order valence-electron chi connectivity index (χ2n) is 8.65. The van der Waals surface area contributed by atoms with Crippen LogP contribution < -0.4 is 16.0 Å². The third kappa shape index (κ3) is 9.14. The third-order valence-electron chi connectivity index (χ3n) is 4.78. The highest BCUT2D eigenvalue weighted by atomic mass is 35.5. The number of ether oxygens (including phenoxy) is 1. The summed E-state index contributed by atoms with van der Waals surface area (Å²) in [5, 5.41) is 8.74. The Bertz CT molecular complexity index is 938. The van der Waals surface area contributed by atoms with Gasteiger partial charge in [-0.25, -0.2) is 4.79 Å². The maximum Gasteiger partial charge on any atom is 0.407 e. The Morgan fingerprint density at radius 3 is 2.06 bits per heavy atom. The topological polar surface area (TPSA) is 96.5 Å². The van der Waals surface area contributed by atoms with Gasteiger partial charge >= 0.3 is 6.09 Å². The van der Waals surface area contributed by atoms with Crippen LogP contribution in [0.15, 0.2) is 48.5 Å². The zero-order chi connectivity index (χ0) is 24.4. The van der Waals surface area contributed by atoms with Crippen LogP contribution in [0.25, 0.3) is 11.1 Å². The Morgan fingerprint density at radius 1 is 0.939 bits per heavy atom. The Kier molecular flexibility index (Phi) is 9.73. The number of carbonyl (C=O) groups excluding carboxylic acids is 3. The molecule has 2 aromatic carbocycles. The highest BCUT2D eigenvalue weighted by molar-refractivity contribution is 6.30. The van der Waals surface area contributed by atoms with Crippen molar-refractivity contribution in [3.63, 3.8) is 0 Å². The van der Waals surface area contributed by atoms with Crippen molar-refractivity contribution >= 4 is 29.5 Å². The molecule has 178 valence electrons. The number of halogens is 1. The normalized spacial score (nSPS) is 11.9. The van der Waals surface area contributed by atoms with Crippen LogP contribution in [0.3, 0.4) is 0 Å². The van der Waals surface area contributed by atoms with E-state index in [0.29, 0.717) is 36.4 Å². The lowest BCUT2D eigenvalue weighted by atomic mass is 10.0. The lowest BCUT2D eigenvalue weighted by Crippen LogP contribution is -2.45. The minimum absolute atomic E-state index is 0.263. The molecule has 7 nitrogen and oxygen atoms in total. The predicted octanol–water partition coefficient (Wildman–Crippen LogP) is 4.55. The average molecular weight is 474 g/mol. The minimum Gasteiger partial charge on any atom is -0.444 e. The van der Waals surface area contributed by atoms with E-state index in [9.17, 15) is 14.4 Å². The van der Waals surface area contributed by atoms with Crippen molar-refractivity contribution in [2.45, 2.75) is 51.7 Å². The fourth-order valence-electron chi connectivity index (χ4n) is 3.12. The van der Waals surface area contributed by atoms with Crippen LogP contribution in [-0.4, -0.2) is 43.1 Å². The van der Waals surface area contributed by atoms with Crippen molar-refractivity contribution in [3.8, 4) is 11.1 Å². The van der Waals surface area contributed by atoms with E-state index < -0.39 is 17.7 Å². The summed E-state index contributed by atoms with van der Waals surface area (Å²) >= 11 is 5.93. The van der Waals surface area contributed by atoms with Gasteiger partial charge in [0.25, 0.3) is 5.91 Å². The van der Waals surface area contributed by atoms with Crippen molar-refractivity contribution in [1.82, 2.24) is 16.0 Å². The van der Waals surface area contributed by atoms with Crippen LogP contribution in [0.1, 0.15) is 50.4 Å². The Labute approximate surface area is 200 Å². The molecule has 0 spiro atoms. The molecular formula is C25H32ClN3O4. The molecule has 2 aromatic rings. The van der Waals surface area contributed by atoms with Crippen molar-refractivity contribution in [1.29, 1.82) is 0 Å². The van der Waals surface area contributed by atoms with Gasteiger partial charge in [0.05, 0.1) is 0 Å². The molecule has 1 atom stereocenters. The zero-order valence-corrected chi connectivity index (χ0v) is 20.3. The highest BCUT2D eigenvalue weighted by Crippen LogP contribution is 2.22. The molecule has 1 unspecified atom stereocenters. The second-order valence-corrected chi connectivity index (χ2v) is 9.09. The lowest BCUT2D eigenvalue weighted by molar-refractivity contribution is -0.122. The number of unbranched alkanes of at least 4 members (excludes halogenated alkanes) is 1. The van der Waals surface area contributed by atoms with Crippen LogP contribution in [-0.2, 0) is 9.53 Å². The maximum absolute atomic E-state index is 12.7. The molecule has 3 N–H and O–H groups in total. The fourth-order valence-corrected chi connectivity index (χ4v) is 3.25. The van der Waals surface area contributed by atoms with Gasteiger partial charge in [-0.05, 0) is 75.4 Å². The molecule has 0 radical (unpaired) electrons. The number of nitrogens with one attached hydrogen (secondary N) is 3. The molecular weight excluding hydrogens is 442 g/mol. The average Bonchev–Trinajstić information content (AvgIpc) is 2.77. The molecule has 0 saturated carbocycles. The van der Waals surface area contributed by atoms with E-state index in [1.807, 2.05) is 36.4 Å². The molecule has 0 aliphatic carbocycles. The number of hydrogen-bond donors (Lipinski definition) is 3. The molecule has 8 heteroatoms. The Balaban J connectivity index is 1.87. The summed E-state index contributed by atoms with van der Waals surface area (Å²) in [5.41, 5.74) is 1.87. The highest BCUT2D eigenvalue weighted by Gasteiger charge is 2.20. The summed E-state index contributed by atoms with van der Waals surface area (Å²) in [6.07, 6.45) is 1.27. The molecule has 33 heavy (non-hydrogen) atoms. The van der Waals surface area contributed by atoms with E-state index in [2.05, 4.69) is 16.0 Å². The molecule has 0 aliphatic heterocycles. The fraction of sp³-hybridized carbons (Fsp3) is 0.400. The van der Waals surface area contributed by atoms with Gasteiger partial charge < -0.3 is 20.7 Å². The van der Waals surface area contributed by atoms with E-state index in [1.54, 1.807) is 32.9 Å². The van der Waals surface area contributed by atoms with Crippen molar-refractivity contribution in [2.24, 2.45) is 0 Å². The van der Waals surface area contributed by atoms with Crippen molar-refractivity contribution in [2.75, 3.05) is 13.6 Å². The first-order chi connectivity index (χ1) is 15.6. The first kappa shape index (κ1) is 26.2. The standard InChI is InChI=1S/C25H32ClN3O4/c1-25(2,3)33-24(32)28-16-6-5-7-21(23(31)27-4)29-22(30)19-10-8-17(9-11-19)18-12-14-20(26)15-13-18/h8-15,21H,5-7,16H2,1-4H3,(H,27,31)(H,28,32)(H,29,30). The minimum atomic E-state index is -0.667. The molecule has 0 fully saturated rings. The van der Waals surface area contributed by atoms with Gasteiger partial charge in [-0.15, -0.1) is 0 Å². The van der Waals surface area contributed by atoms with Gasteiger partial charge in [0.15, 0.2) is 0 Å². The maximum atomic E-state index is 12.7. The molecule has 3 amide bonds. The first-order valence-electron chi connectivity index (χ1n) is 10.9. The third-order valence-corrected chi connectivity index (χ3v) is 5.03. The van der Waals surface area contributed by atoms with E-state index in [4.69, 9.17) is 16.3 Å². The number of alkyl carbamates (subject to hydrolysis) is 1. The number of benzene rings is 2. The molecule has 0 heterocycles.